The average molecular weight is 253 g/mol. The van der Waals surface area contributed by atoms with Gasteiger partial charge in [-0.2, -0.15) is 0 Å². The van der Waals surface area contributed by atoms with Gasteiger partial charge in [0.15, 0.2) is 11.6 Å². The van der Waals surface area contributed by atoms with Gasteiger partial charge in [-0.3, -0.25) is 0 Å². The molecule has 1 unspecified atom stereocenters. The van der Waals surface area contributed by atoms with Gasteiger partial charge < -0.3 is 5.32 Å². The fraction of sp³-hybridized carbons (Fsp3) is 0.600. The maximum atomic E-state index is 13.5. The number of benzene rings is 1. The van der Waals surface area contributed by atoms with Gasteiger partial charge >= 0.3 is 0 Å². The Morgan fingerprint density at radius 3 is 2.67 bits per heavy atom. The van der Waals surface area contributed by atoms with E-state index in [-0.39, 0.29) is 0 Å². The van der Waals surface area contributed by atoms with Crippen molar-refractivity contribution in [2.75, 3.05) is 0 Å². The third kappa shape index (κ3) is 3.29. The summed E-state index contributed by atoms with van der Waals surface area (Å²) in [4.78, 5) is 0. The summed E-state index contributed by atoms with van der Waals surface area (Å²) < 4.78 is 26.5. The molecular formula is C15H21F2N. The standard InChI is InChI=1S/C15H21F2N/c1-11(12-6-3-2-4-7-12)18-10-13-8-5-9-14(16)15(13)17/h5,8-9,11-12,18H,2-4,6-7,10H2,1H3. The van der Waals surface area contributed by atoms with E-state index in [0.29, 0.717) is 24.1 Å². The summed E-state index contributed by atoms with van der Waals surface area (Å²) in [5.74, 6) is -0.809. The molecule has 1 nitrogen and oxygen atoms in total. The van der Waals surface area contributed by atoms with Crippen molar-refractivity contribution in [3.63, 3.8) is 0 Å². The van der Waals surface area contributed by atoms with Crippen LogP contribution in [0.1, 0.15) is 44.6 Å². The van der Waals surface area contributed by atoms with Crippen LogP contribution in [0.2, 0.25) is 0 Å². The van der Waals surface area contributed by atoms with E-state index >= 15 is 0 Å². The topological polar surface area (TPSA) is 12.0 Å². The highest BCUT2D eigenvalue weighted by atomic mass is 19.2. The summed E-state index contributed by atoms with van der Waals surface area (Å²) in [5.41, 5.74) is 0.414. The van der Waals surface area contributed by atoms with Crippen LogP contribution in [0.3, 0.4) is 0 Å². The fourth-order valence-electron chi connectivity index (χ4n) is 2.76. The van der Waals surface area contributed by atoms with Crippen LogP contribution in [0.5, 0.6) is 0 Å². The summed E-state index contributed by atoms with van der Waals surface area (Å²) in [5, 5.41) is 3.33. The van der Waals surface area contributed by atoms with Crippen molar-refractivity contribution in [3.05, 3.63) is 35.4 Å². The summed E-state index contributed by atoms with van der Waals surface area (Å²) >= 11 is 0. The minimum atomic E-state index is -0.764. The zero-order chi connectivity index (χ0) is 13.0. The van der Waals surface area contributed by atoms with Crippen molar-refractivity contribution in [1.29, 1.82) is 0 Å². The molecule has 0 aliphatic heterocycles. The van der Waals surface area contributed by atoms with Gasteiger partial charge in [-0.1, -0.05) is 31.4 Å². The van der Waals surface area contributed by atoms with Gasteiger partial charge in [0.05, 0.1) is 0 Å². The second-order valence-electron chi connectivity index (χ2n) is 5.28. The third-order valence-electron chi connectivity index (χ3n) is 4.00. The van der Waals surface area contributed by atoms with Gasteiger partial charge in [0.25, 0.3) is 0 Å². The summed E-state index contributed by atoms with van der Waals surface area (Å²) in [6.07, 6.45) is 6.43. The lowest BCUT2D eigenvalue weighted by molar-refractivity contribution is 0.279. The molecule has 0 radical (unpaired) electrons. The lowest BCUT2D eigenvalue weighted by Crippen LogP contribution is -2.34. The molecular weight excluding hydrogens is 232 g/mol. The van der Waals surface area contributed by atoms with E-state index in [0.717, 1.165) is 6.07 Å². The van der Waals surface area contributed by atoms with Crippen molar-refractivity contribution in [2.45, 2.75) is 51.6 Å². The SMILES string of the molecule is CC(NCc1cccc(F)c1F)C1CCCCC1. The summed E-state index contributed by atoms with van der Waals surface area (Å²) in [6.45, 7) is 2.55. The fourth-order valence-corrected chi connectivity index (χ4v) is 2.76. The smallest absolute Gasteiger partial charge is 0.163 e. The van der Waals surface area contributed by atoms with Crippen molar-refractivity contribution in [3.8, 4) is 0 Å². The quantitative estimate of drug-likeness (QED) is 0.854. The summed E-state index contributed by atoms with van der Waals surface area (Å²) in [7, 11) is 0. The van der Waals surface area contributed by atoms with Gasteiger partial charge in [0.2, 0.25) is 0 Å². The Bertz CT molecular complexity index is 386. The largest absolute Gasteiger partial charge is 0.310 e. The zero-order valence-electron chi connectivity index (χ0n) is 10.9. The van der Waals surface area contributed by atoms with Crippen LogP contribution < -0.4 is 5.32 Å². The van der Waals surface area contributed by atoms with Gasteiger partial charge in [0, 0.05) is 18.2 Å². The van der Waals surface area contributed by atoms with Crippen LogP contribution in [0.15, 0.2) is 18.2 Å². The van der Waals surface area contributed by atoms with Crippen LogP contribution >= 0.6 is 0 Å². The van der Waals surface area contributed by atoms with Gasteiger partial charge in [-0.25, -0.2) is 8.78 Å². The predicted octanol–water partition coefficient (Wildman–Crippen LogP) is 4.02. The Kier molecular flexibility index (Phi) is 4.70. The molecule has 1 aromatic carbocycles. The van der Waals surface area contributed by atoms with E-state index in [2.05, 4.69) is 12.2 Å². The zero-order valence-corrected chi connectivity index (χ0v) is 10.9. The van der Waals surface area contributed by atoms with E-state index in [1.165, 1.54) is 32.1 Å². The minimum absolute atomic E-state index is 0.368. The number of hydrogen-bond donors (Lipinski definition) is 1. The molecule has 0 heterocycles. The Balaban J connectivity index is 1.88. The first-order chi connectivity index (χ1) is 8.68. The molecule has 0 aromatic heterocycles. The molecule has 0 bridgehead atoms. The monoisotopic (exact) mass is 253 g/mol. The first-order valence-corrected chi connectivity index (χ1v) is 6.84. The highest BCUT2D eigenvalue weighted by molar-refractivity contribution is 5.18. The van der Waals surface area contributed by atoms with Crippen molar-refractivity contribution in [1.82, 2.24) is 5.32 Å². The molecule has 1 aliphatic rings. The Morgan fingerprint density at radius 1 is 1.22 bits per heavy atom. The first-order valence-electron chi connectivity index (χ1n) is 6.84. The van der Waals surface area contributed by atoms with Gasteiger partial charge in [-0.15, -0.1) is 0 Å². The number of rotatable bonds is 4. The van der Waals surface area contributed by atoms with E-state index in [1.807, 2.05) is 0 Å². The molecule has 1 fully saturated rings. The second kappa shape index (κ2) is 6.28. The van der Waals surface area contributed by atoms with Gasteiger partial charge in [0.1, 0.15) is 0 Å². The second-order valence-corrected chi connectivity index (χ2v) is 5.28. The first kappa shape index (κ1) is 13.5. The predicted molar refractivity (Wildman–Crippen MR) is 69.2 cm³/mol. The Morgan fingerprint density at radius 2 is 1.94 bits per heavy atom. The van der Waals surface area contributed by atoms with E-state index in [9.17, 15) is 8.78 Å². The van der Waals surface area contributed by atoms with E-state index in [1.54, 1.807) is 12.1 Å². The van der Waals surface area contributed by atoms with E-state index in [4.69, 9.17) is 0 Å². The number of halogens is 2. The van der Waals surface area contributed by atoms with Crippen LogP contribution in [0.25, 0.3) is 0 Å². The normalized spacial score (nSPS) is 18.8. The van der Waals surface area contributed by atoms with Crippen LogP contribution in [-0.4, -0.2) is 6.04 Å². The molecule has 1 saturated carbocycles. The lowest BCUT2D eigenvalue weighted by Gasteiger charge is -2.28. The molecule has 0 amide bonds. The third-order valence-corrected chi connectivity index (χ3v) is 4.00. The Hall–Kier alpha value is -0.960. The molecule has 0 spiro atoms. The molecule has 0 saturated heterocycles. The molecule has 1 atom stereocenters. The maximum Gasteiger partial charge on any atom is 0.163 e. The van der Waals surface area contributed by atoms with Crippen LogP contribution in [-0.2, 0) is 6.54 Å². The molecule has 100 valence electrons. The van der Waals surface area contributed by atoms with Gasteiger partial charge in [-0.05, 0) is 31.7 Å². The molecule has 1 aliphatic carbocycles. The maximum absolute atomic E-state index is 13.5. The van der Waals surface area contributed by atoms with Crippen molar-refractivity contribution < 1.29 is 8.78 Å². The number of nitrogens with one attached hydrogen (secondary N) is 1. The van der Waals surface area contributed by atoms with Crippen molar-refractivity contribution >= 4 is 0 Å². The Labute approximate surface area is 108 Å². The molecule has 18 heavy (non-hydrogen) atoms. The highest BCUT2D eigenvalue weighted by Gasteiger charge is 2.19. The lowest BCUT2D eigenvalue weighted by atomic mass is 9.84. The van der Waals surface area contributed by atoms with E-state index < -0.39 is 11.6 Å². The van der Waals surface area contributed by atoms with Crippen LogP contribution in [0.4, 0.5) is 8.78 Å². The molecule has 2 rings (SSSR count). The number of hydrogen-bond acceptors (Lipinski definition) is 1. The average Bonchev–Trinajstić information content (AvgIpc) is 2.41. The molecule has 3 heteroatoms. The minimum Gasteiger partial charge on any atom is -0.310 e. The summed E-state index contributed by atoms with van der Waals surface area (Å²) in [6, 6.07) is 4.72. The highest BCUT2D eigenvalue weighted by Crippen LogP contribution is 2.26. The molecule has 1 N–H and O–H groups in total. The van der Waals surface area contributed by atoms with Crippen LogP contribution in [0, 0.1) is 17.6 Å². The molecule has 1 aromatic rings. The van der Waals surface area contributed by atoms with Crippen molar-refractivity contribution in [2.24, 2.45) is 5.92 Å².